The van der Waals surface area contributed by atoms with Gasteiger partial charge in [0.2, 0.25) is 0 Å². The molecule has 9 nitrogen and oxygen atoms in total. The number of anilines is 1. The van der Waals surface area contributed by atoms with E-state index in [1.54, 1.807) is 12.1 Å². The highest BCUT2D eigenvalue weighted by Crippen LogP contribution is 2.28. The zero-order valence-electron chi connectivity index (χ0n) is 23.4. The zero-order valence-corrected chi connectivity index (χ0v) is 23.4. The molecule has 210 valence electrons. The van der Waals surface area contributed by atoms with E-state index < -0.39 is 11.3 Å². The minimum Gasteiger partial charge on any atom is -0.422 e. The molecule has 0 aliphatic carbocycles. The van der Waals surface area contributed by atoms with E-state index in [9.17, 15) is 9.59 Å². The second-order valence-electron chi connectivity index (χ2n) is 10.1. The van der Waals surface area contributed by atoms with Gasteiger partial charge in [0.15, 0.2) is 0 Å². The van der Waals surface area contributed by atoms with Crippen molar-refractivity contribution in [2.24, 2.45) is 0 Å². The standard InChI is InChI=1S/C34H25N5O4/c1-3-39(4-2)23-12-11-21-13-25(33(40)42-31(21)15-23)27-16-37-29(18-35-27)30-19-36-28(17-38-30)26-14-22-10-9-20-7-5-6-8-24(20)32(22)43-34(26)41/h5-19H,3-4H2,1-2H3. The van der Waals surface area contributed by atoms with Gasteiger partial charge in [-0.2, -0.15) is 0 Å². The van der Waals surface area contributed by atoms with Gasteiger partial charge >= 0.3 is 11.3 Å². The Balaban J connectivity index is 1.16. The van der Waals surface area contributed by atoms with E-state index in [1.165, 1.54) is 24.8 Å². The summed E-state index contributed by atoms with van der Waals surface area (Å²) < 4.78 is 11.4. The summed E-state index contributed by atoms with van der Waals surface area (Å²) in [5, 5.41) is 3.46. The van der Waals surface area contributed by atoms with Gasteiger partial charge in [0, 0.05) is 41.0 Å². The molecule has 43 heavy (non-hydrogen) atoms. The van der Waals surface area contributed by atoms with Gasteiger partial charge in [0.25, 0.3) is 0 Å². The molecular formula is C34H25N5O4. The lowest BCUT2D eigenvalue weighted by molar-refractivity contribution is 0.563. The van der Waals surface area contributed by atoms with Crippen LogP contribution in [0.25, 0.3) is 66.6 Å². The van der Waals surface area contributed by atoms with Crippen molar-refractivity contribution in [1.29, 1.82) is 0 Å². The number of aromatic nitrogens is 4. The Morgan fingerprint density at radius 1 is 0.605 bits per heavy atom. The summed E-state index contributed by atoms with van der Waals surface area (Å²) >= 11 is 0. The molecule has 0 aliphatic rings. The van der Waals surface area contributed by atoms with Crippen LogP contribution in [0, 0.1) is 0 Å². The third-order valence-corrected chi connectivity index (χ3v) is 7.59. The van der Waals surface area contributed by atoms with Crippen LogP contribution in [-0.2, 0) is 0 Å². The lowest BCUT2D eigenvalue weighted by atomic mass is 10.1. The van der Waals surface area contributed by atoms with Crippen molar-refractivity contribution in [2.75, 3.05) is 18.0 Å². The Morgan fingerprint density at radius 2 is 1.16 bits per heavy atom. The van der Waals surface area contributed by atoms with Crippen LogP contribution in [0.3, 0.4) is 0 Å². The molecule has 4 aromatic heterocycles. The third kappa shape index (κ3) is 4.70. The molecule has 0 saturated heterocycles. The average molecular weight is 568 g/mol. The van der Waals surface area contributed by atoms with Crippen molar-refractivity contribution >= 4 is 38.4 Å². The van der Waals surface area contributed by atoms with Crippen LogP contribution in [0.4, 0.5) is 5.69 Å². The molecule has 0 N–H and O–H groups in total. The molecule has 0 bridgehead atoms. The van der Waals surface area contributed by atoms with E-state index in [2.05, 4.69) is 38.7 Å². The maximum absolute atomic E-state index is 12.9. The Morgan fingerprint density at radius 3 is 1.81 bits per heavy atom. The molecule has 0 unspecified atom stereocenters. The number of nitrogens with zero attached hydrogens (tertiary/aromatic N) is 5. The first-order chi connectivity index (χ1) is 21.0. The predicted molar refractivity (Wildman–Crippen MR) is 167 cm³/mol. The highest BCUT2D eigenvalue weighted by Gasteiger charge is 2.15. The fourth-order valence-electron chi connectivity index (χ4n) is 5.29. The van der Waals surface area contributed by atoms with Crippen molar-refractivity contribution in [1.82, 2.24) is 19.9 Å². The van der Waals surface area contributed by atoms with Crippen LogP contribution in [0.1, 0.15) is 13.8 Å². The van der Waals surface area contributed by atoms with Crippen LogP contribution >= 0.6 is 0 Å². The van der Waals surface area contributed by atoms with E-state index >= 15 is 0 Å². The zero-order chi connectivity index (χ0) is 29.5. The molecule has 9 heteroatoms. The maximum atomic E-state index is 12.9. The summed E-state index contributed by atoms with van der Waals surface area (Å²) in [5.74, 6) is 0. The first-order valence-electron chi connectivity index (χ1n) is 14.0. The minimum absolute atomic E-state index is 0.315. The smallest absolute Gasteiger partial charge is 0.345 e. The lowest BCUT2D eigenvalue weighted by Crippen LogP contribution is -2.21. The highest BCUT2D eigenvalue weighted by molar-refractivity contribution is 6.04. The Hall–Kier alpha value is -5.70. The topological polar surface area (TPSA) is 115 Å². The number of hydrogen-bond acceptors (Lipinski definition) is 9. The molecule has 0 spiro atoms. The SMILES string of the molecule is CCN(CC)c1ccc2cc(-c3cnc(-c4cnc(-c5cc6ccc7ccccc7c6oc5=O)cn4)cn3)c(=O)oc2c1. The molecule has 0 amide bonds. The second kappa shape index (κ2) is 10.6. The van der Waals surface area contributed by atoms with Gasteiger partial charge in [-0.25, -0.2) is 9.59 Å². The summed E-state index contributed by atoms with van der Waals surface area (Å²) in [6, 6.07) is 21.0. The van der Waals surface area contributed by atoms with Gasteiger partial charge in [-0.3, -0.25) is 19.9 Å². The van der Waals surface area contributed by atoms with Gasteiger partial charge < -0.3 is 13.7 Å². The average Bonchev–Trinajstić information content (AvgIpc) is 3.05. The quantitative estimate of drug-likeness (QED) is 0.164. The van der Waals surface area contributed by atoms with E-state index in [0.717, 1.165) is 40.3 Å². The molecule has 4 heterocycles. The van der Waals surface area contributed by atoms with E-state index in [1.807, 2.05) is 54.6 Å². The summed E-state index contributed by atoms with van der Waals surface area (Å²) in [5.41, 5.74) is 3.42. The van der Waals surface area contributed by atoms with Crippen LogP contribution in [0.5, 0.6) is 0 Å². The fraction of sp³-hybridized carbons (Fsp3) is 0.118. The number of hydrogen-bond donors (Lipinski definition) is 0. The third-order valence-electron chi connectivity index (χ3n) is 7.59. The first kappa shape index (κ1) is 26.2. The van der Waals surface area contributed by atoms with Gasteiger partial charge in [-0.1, -0.05) is 36.4 Å². The predicted octanol–water partition coefficient (Wildman–Crippen LogP) is 6.48. The van der Waals surface area contributed by atoms with Crippen molar-refractivity contribution in [2.45, 2.75) is 13.8 Å². The Labute approximate surface area is 245 Å². The van der Waals surface area contributed by atoms with Crippen molar-refractivity contribution in [3.8, 4) is 33.9 Å². The maximum Gasteiger partial charge on any atom is 0.345 e. The largest absolute Gasteiger partial charge is 0.422 e. The Bertz CT molecular complexity index is 2250. The second-order valence-corrected chi connectivity index (χ2v) is 10.1. The number of rotatable bonds is 6. The van der Waals surface area contributed by atoms with Gasteiger partial charge in [0.1, 0.15) is 22.6 Å². The fourth-order valence-corrected chi connectivity index (χ4v) is 5.29. The molecule has 0 fully saturated rings. The van der Waals surface area contributed by atoms with E-state index in [-0.39, 0.29) is 0 Å². The van der Waals surface area contributed by atoms with Gasteiger partial charge in [-0.05, 0) is 43.5 Å². The van der Waals surface area contributed by atoms with Crippen LogP contribution in [-0.4, -0.2) is 33.0 Å². The molecule has 0 radical (unpaired) electrons. The first-order valence-corrected chi connectivity index (χ1v) is 14.0. The highest BCUT2D eigenvalue weighted by atomic mass is 16.4. The minimum atomic E-state index is -0.492. The van der Waals surface area contributed by atoms with Crippen LogP contribution < -0.4 is 16.2 Å². The Kier molecular flexibility index (Phi) is 6.47. The molecule has 0 atom stereocenters. The molecule has 0 saturated carbocycles. The number of fused-ring (bicyclic) bond motifs is 4. The molecule has 0 aliphatic heterocycles. The van der Waals surface area contributed by atoms with Crippen LogP contribution in [0.15, 0.2) is 110 Å². The van der Waals surface area contributed by atoms with Crippen LogP contribution in [0.2, 0.25) is 0 Å². The van der Waals surface area contributed by atoms with Crippen molar-refractivity contribution in [3.05, 3.63) is 112 Å². The number of benzene rings is 3. The summed E-state index contributed by atoms with van der Waals surface area (Å²) in [4.78, 5) is 45.8. The van der Waals surface area contributed by atoms with Crippen molar-refractivity contribution < 1.29 is 8.83 Å². The molecule has 7 aromatic rings. The normalized spacial score (nSPS) is 11.4. The van der Waals surface area contributed by atoms with Gasteiger partial charge in [-0.15, -0.1) is 0 Å². The monoisotopic (exact) mass is 567 g/mol. The summed E-state index contributed by atoms with van der Waals surface area (Å²) in [6.07, 6.45) is 6.08. The van der Waals surface area contributed by atoms with Crippen molar-refractivity contribution in [3.63, 3.8) is 0 Å². The summed E-state index contributed by atoms with van der Waals surface area (Å²) in [7, 11) is 0. The molecule has 3 aromatic carbocycles. The van der Waals surface area contributed by atoms with E-state index in [0.29, 0.717) is 45.1 Å². The lowest BCUT2D eigenvalue weighted by Gasteiger charge is -2.21. The summed E-state index contributed by atoms with van der Waals surface area (Å²) in [6.45, 7) is 5.88. The molecular weight excluding hydrogens is 542 g/mol. The van der Waals surface area contributed by atoms with E-state index in [4.69, 9.17) is 8.83 Å². The molecule has 7 rings (SSSR count). The van der Waals surface area contributed by atoms with Gasteiger partial charge in [0.05, 0.1) is 47.3 Å².